The summed E-state index contributed by atoms with van der Waals surface area (Å²) >= 11 is 0. The van der Waals surface area contributed by atoms with Gasteiger partial charge in [-0.3, -0.25) is 0 Å². The predicted octanol–water partition coefficient (Wildman–Crippen LogP) is 3.72. The highest BCUT2D eigenvalue weighted by Crippen LogP contribution is 2.40. The molecule has 0 saturated heterocycles. The summed E-state index contributed by atoms with van der Waals surface area (Å²) in [6, 6.07) is 0. The molecule has 1 rings (SSSR count). The third-order valence-electron chi connectivity index (χ3n) is 4.35. The van der Waals surface area contributed by atoms with Gasteiger partial charge >= 0.3 is 0 Å². The van der Waals surface area contributed by atoms with Crippen LogP contribution in [0.4, 0.5) is 0 Å². The number of aliphatic hydroxyl groups is 1. The Balaban J connectivity index is 2.58. The van der Waals surface area contributed by atoms with Crippen LogP contribution in [0.3, 0.4) is 0 Å². The molecular weight excluding hydrogens is 228 g/mol. The van der Waals surface area contributed by atoms with Gasteiger partial charge in [-0.25, -0.2) is 0 Å². The van der Waals surface area contributed by atoms with Crippen LogP contribution in [0.1, 0.15) is 40.0 Å². The molecule has 1 saturated carbocycles. The zero-order chi connectivity index (χ0) is 13.3. The largest absolute Gasteiger partial charge is 0.414 e. The highest BCUT2D eigenvalue weighted by molar-refractivity contribution is 6.74. The number of aliphatic hydroxyl groups excluding tert-OH is 1. The van der Waals surface area contributed by atoms with Gasteiger partial charge in [-0.05, 0) is 43.3 Å². The van der Waals surface area contributed by atoms with E-state index in [1.54, 1.807) is 0 Å². The van der Waals surface area contributed by atoms with Gasteiger partial charge in [0.15, 0.2) is 8.32 Å². The molecular formula is C14H28O2Si. The van der Waals surface area contributed by atoms with Crippen molar-refractivity contribution in [2.75, 3.05) is 0 Å². The number of allylic oxidation sites excluding steroid dienone is 1. The Bertz CT molecular complexity index is 268. The molecule has 1 fully saturated rings. The van der Waals surface area contributed by atoms with Crippen LogP contribution in [0.15, 0.2) is 12.7 Å². The summed E-state index contributed by atoms with van der Waals surface area (Å²) in [5.41, 5.74) is 0. The predicted molar refractivity (Wildman–Crippen MR) is 75.6 cm³/mol. The van der Waals surface area contributed by atoms with Crippen molar-refractivity contribution in [3.8, 4) is 0 Å². The maximum atomic E-state index is 9.98. The van der Waals surface area contributed by atoms with Gasteiger partial charge in [0.05, 0.1) is 6.10 Å². The fourth-order valence-electron chi connectivity index (χ4n) is 2.21. The fourth-order valence-corrected chi connectivity index (χ4v) is 3.59. The Morgan fingerprint density at radius 3 is 2.41 bits per heavy atom. The van der Waals surface area contributed by atoms with Gasteiger partial charge in [0.2, 0.25) is 0 Å². The molecule has 17 heavy (non-hydrogen) atoms. The van der Waals surface area contributed by atoms with Gasteiger partial charge in [0.1, 0.15) is 0 Å². The molecule has 0 aromatic heterocycles. The van der Waals surface area contributed by atoms with Crippen molar-refractivity contribution in [3.05, 3.63) is 12.7 Å². The first kappa shape index (κ1) is 14.9. The Labute approximate surface area is 107 Å². The second-order valence-corrected chi connectivity index (χ2v) is 11.6. The second kappa shape index (κ2) is 5.25. The van der Waals surface area contributed by atoms with Gasteiger partial charge in [0, 0.05) is 6.10 Å². The minimum absolute atomic E-state index is 0.206. The second-order valence-electron chi connectivity index (χ2n) is 6.82. The van der Waals surface area contributed by atoms with E-state index in [0.717, 1.165) is 19.3 Å². The van der Waals surface area contributed by atoms with Gasteiger partial charge < -0.3 is 9.53 Å². The van der Waals surface area contributed by atoms with Crippen molar-refractivity contribution in [2.24, 2.45) is 5.92 Å². The van der Waals surface area contributed by atoms with Crippen LogP contribution in [0.5, 0.6) is 0 Å². The lowest BCUT2D eigenvalue weighted by Gasteiger charge is -2.38. The van der Waals surface area contributed by atoms with E-state index in [0.29, 0.717) is 5.92 Å². The monoisotopic (exact) mass is 256 g/mol. The molecule has 1 aliphatic rings. The van der Waals surface area contributed by atoms with E-state index in [9.17, 15) is 5.11 Å². The molecule has 0 aromatic carbocycles. The van der Waals surface area contributed by atoms with Crippen molar-refractivity contribution < 1.29 is 9.53 Å². The zero-order valence-corrected chi connectivity index (χ0v) is 13.0. The standard InChI is InChI=1S/C14H28O2Si/c1-7-8-11-9-12(10-13(11)15)16-17(5,6)14(2,3)4/h7,11-13,15H,1,8-10H2,2-6H3/t11-,12-,13+/m1/s1. The minimum Gasteiger partial charge on any atom is -0.414 e. The van der Waals surface area contributed by atoms with Crippen molar-refractivity contribution in [3.63, 3.8) is 0 Å². The first-order chi connectivity index (χ1) is 7.67. The van der Waals surface area contributed by atoms with Crippen molar-refractivity contribution in [1.29, 1.82) is 0 Å². The summed E-state index contributed by atoms with van der Waals surface area (Å²) in [5.74, 6) is 0.349. The maximum absolute atomic E-state index is 9.98. The fraction of sp³-hybridized carbons (Fsp3) is 0.857. The smallest absolute Gasteiger partial charge is 0.192 e. The van der Waals surface area contributed by atoms with Gasteiger partial charge in [-0.1, -0.05) is 26.8 Å². The summed E-state index contributed by atoms with van der Waals surface area (Å²) in [4.78, 5) is 0. The van der Waals surface area contributed by atoms with E-state index in [4.69, 9.17) is 4.43 Å². The molecule has 0 bridgehead atoms. The molecule has 100 valence electrons. The normalized spacial score (nSPS) is 30.6. The first-order valence-corrected chi connectivity index (χ1v) is 9.55. The molecule has 0 unspecified atom stereocenters. The number of rotatable bonds is 4. The summed E-state index contributed by atoms with van der Waals surface area (Å²) in [6.07, 6.45) is 4.63. The van der Waals surface area contributed by atoms with Crippen molar-refractivity contribution in [1.82, 2.24) is 0 Å². The third-order valence-corrected chi connectivity index (χ3v) is 8.89. The quantitative estimate of drug-likeness (QED) is 0.613. The molecule has 0 radical (unpaired) electrons. The SMILES string of the molecule is C=CC[C@@H]1C[C@@H](O[Si](C)(C)C(C)(C)C)C[C@@H]1O. The van der Waals surface area contributed by atoms with E-state index in [1.807, 2.05) is 6.08 Å². The third kappa shape index (κ3) is 3.67. The molecule has 2 nitrogen and oxygen atoms in total. The molecule has 3 heteroatoms. The van der Waals surface area contributed by atoms with Crippen LogP contribution in [0.2, 0.25) is 18.1 Å². The number of hydrogen-bond donors (Lipinski definition) is 1. The van der Waals surface area contributed by atoms with Crippen LogP contribution < -0.4 is 0 Å². The van der Waals surface area contributed by atoms with E-state index >= 15 is 0 Å². The Kier molecular flexibility index (Phi) is 4.61. The lowest BCUT2D eigenvalue weighted by Crippen LogP contribution is -2.43. The van der Waals surface area contributed by atoms with E-state index in [2.05, 4.69) is 40.4 Å². The molecule has 0 aromatic rings. The molecule has 0 amide bonds. The lowest BCUT2D eigenvalue weighted by atomic mass is 10.0. The Morgan fingerprint density at radius 2 is 1.94 bits per heavy atom. The van der Waals surface area contributed by atoms with Crippen molar-refractivity contribution >= 4 is 8.32 Å². The van der Waals surface area contributed by atoms with Crippen LogP contribution in [-0.2, 0) is 4.43 Å². The van der Waals surface area contributed by atoms with Crippen LogP contribution in [-0.4, -0.2) is 25.6 Å². The average Bonchev–Trinajstić information content (AvgIpc) is 2.44. The summed E-state index contributed by atoms with van der Waals surface area (Å²) in [5, 5.41) is 10.2. The highest BCUT2D eigenvalue weighted by atomic mass is 28.4. The summed E-state index contributed by atoms with van der Waals surface area (Å²) in [7, 11) is -1.69. The van der Waals surface area contributed by atoms with Crippen molar-refractivity contribution in [2.45, 2.75) is 70.4 Å². The lowest BCUT2D eigenvalue weighted by molar-refractivity contribution is 0.122. The summed E-state index contributed by atoms with van der Waals surface area (Å²) < 4.78 is 6.35. The van der Waals surface area contributed by atoms with E-state index in [-0.39, 0.29) is 17.2 Å². The Hall–Kier alpha value is -0.123. The minimum atomic E-state index is -1.69. The van der Waals surface area contributed by atoms with Gasteiger partial charge in [-0.15, -0.1) is 6.58 Å². The molecule has 3 atom stereocenters. The molecule has 1 N–H and O–H groups in total. The van der Waals surface area contributed by atoms with Crippen LogP contribution in [0.25, 0.3) is 0 Å². The summed E-state index contributed by atoms with van der Waals surface area (Å²) in [6.45, 7) is 15.1. The molecule has 0 spiro atoms. The van der Waals surface area contributed by atoms with E-state index < -0.39 is 8.32 Å². The Morgan fingerprint density at radius 1 is 1.35 bits per heavy atom. The topological polar surface area (TPSA) is 29.5 Å². The number of hydrogen-bond acceptors (Lipinski definition) is 2. The average molecular weight is 256 g/mol. The molecule has 0 heterocycles. The zero-order valence-electron chi connectivity index (χ0n) is 12.0. The first-order valence-electron chi connectivity index (χ1n) is 6.64. The van der Waals surface area contributed by atoms with Crippen LogP contribution in [0, 0.1) is 5.92 Å². The molecule has 0 aliphatic heterocycles. The van der Waals surface area contributed by atoms with Gasteiger partial charge in [-0.2, -0.15) is 0 Å². The maximum Gasteiger partial charge on any atom is 0.192 e. The van der Waals surface area contributed by atoms with Crippen LogP contribution >= 0.6 is 0 Å². The van der Waals surface area contributed by atoms with E-state index in [1.165, 1.54) is 0 Å². The highest BCUT2D eigenvalue weighted by Gasteiger charge is 2.42. The van der Waals surface area contributed by atoms with Gasteiger partial charge in [0.25, 0.3) is 0 Å². The molecule has 1 aliphatic carbocycles.